The molecule has 7 heteroatoms. The highest BCUT2D eigenvalue weighted by Crippen LogP contribution is 2.37. The highest BCUT2D eigenvalue weighted by Gasteiger charge is 2.38. The minimum Gasteiger partial charge on any atom is -0.258 e. The molecule has 0 aliphatic heterocycles. The van der Waals surface area contributed by atoms with E-state index in [0.29, 0.717) is 0 Å². The summed E-state index contributed by atoms with van der Waals surface area (Å²) in [4.78, 5) is 9.90. The lowest BCUT2D eigenvalue weighted by molar-refractivity contribution is -0.384. The van der Waals surface area contributed by atoms with Gasteiger partial charge in [0, 0.05) is 17.7 Å². The van der Waals surface area contributed by atoms with E-state index in [9.17, 15) is 27.7 Å². The number of benzene rings is 2. The monoisotopic (exact) mass is 311 g/mol. The Hall–Kier alpha value is -2.70. The van der Waals surface area contributed by atoms with Gasteiger partial charge in [-0.05, 0) is 23.3 Å². The first-order valence-electron chi connectivity index (χ1n) is 6.08. The fraction of sp³-hybridized carbons (Fsp3) is 0.0667. The lowest BCUT2D eigenvalue weighted by atomic mass is 9.96. The zero-order chi connectivity index (χ0) is 16.3. The summed E-state index contributed by atoms with van der Waals surface area (Å²) in [6.45, 7) is 0. The molecule has 0 amide bonds. The molecule has 0 atom stereocenters. The summed E-state index contributed by atoms with van der Waals surface area (Å²) in [7, 11) is 0. The van der Waals surface area contributed by atoms with Crippen LogP contribution in [0.4, 0.5) is 23.2 Å². The molecule has 0 bridgehead atoms. The number of halogens is 4. The number of hydrogen-bond donors (Lipinski definition) is 0. The van der Waals surface area contributed by atoms with Crippen molar-refractivity contribution in [1.29, 1.82) is 0 Å². The molecular weight excluding hydrogens is 302 g/mol. The van der Waals surface area contributed by atoms with Crippen molar-refractivity contribution < 1.29 is 22.5 Å². The van der Waals surface area contributed by atoms with Gasteiger partial charge < -0.3 is 0 Å². The molecule has 0 aromatic heterocycles. The van der Waals surface area contributed by atoms with Crippen molar-refractivity contribution in [2.45, 2.75) is 6.18 Å². The molecule has 0 aliphatic rings. The Morgan fingerprint density at radius 1 is 0.909 bits per heavy atom. The maximum atomic E-state index is 13.8. The number of hydrogen-bond acceptors (Lipinski definition) is 2. The summed E-state index contributed by atoms with van der Waals surface area (Å²) >= 11 is 0. The van der Waals surface area contributed by atoms with Crippen molar-refractivity contribution >= 4 is 11.3 Å². The van der Waals surface area contributed by atoms with E-state index in [4.69, 9.17) is 0 Å². The molecule has 0 heterocycles. The Morgan fingerprint density at radius 2 is 1.41 bits per heavy atom. The van der Waals surface area contributed by atoms with E-state index in [1.165, 1.54) is 24.3 Å². The van der Waals surface area contributed by atoms with Crippen LogP contribution in [0, 0.1) is 10.1 Å². The third-order valence-electron chi connectivity index (χ3n) is 2.90. The predicted molar refractivity (Wildman–Crippen MR) is 72.7 cm³/mol. The molecule has 0 saturated carbocycles. The lowest BCUT2D eigenvalue weighted by Crippen LogP contribution is -2.11. The number of non-ortho nitro benzene ring substituents is 1. The van der Waals surface area contributed by atoms with Gasteiger partial charge in [0.05, 0.1) is 4.92 Å². The number of nitro groups is 1. The Morgan fingerprint density at radius 3 is 1.86 bits per heavy atom. The maximum absolute atomic E-state index is 13.8. The zero-order valence-electron chi connectivity index (χ0n) is 11.0. The standard InChI is InChI=1S/C15H9F4NO2/c16-14(15(17,18)19)13(10-4-2-1-3-5-10)11-6-8-12(9-7-11)20(21)22/h1-9H. The molecule has 114 valence electrons. The van der Waals surface area contributed by atoms with Crippen molar-refractivity contribution in [3.63, 3.8) is 0 Å². The van der Waals surface area contributed by atoms with Crippen LogP contribution >= 0.6 is 0 Å². The molecule has 0 unspecified atom stereocenters. The first-order chi connectivity index (χ1) is 10.3. The first-order valence-corrected chi connectivity index (χ1v) is 6.08. The normalized spacial score (nSPS) is 12.7. The van der Waals surface area contributed by atoms with Crippen molar-refractivity contribution in [2.24, 2.45) is 0 Å². The van der Waals surface area contributed by atoms with E-state index >= 15 is 0 Å². The van der Waals surface area contributed by atoms with Crippen LogP contribution in [0.5, 0.6) is 0 Å². The smallest absolute Gasteiger partial charge is 0.258 e. The SMILES string of the molecule is O=[N+]([O-])c1ccc(C(=C(F)C(F)(F)F)c2ccccc2)cc1. The van der Waals surface area contributed by atoms with Crippen LogP contribution in [0.15, 0.2) is 60.4 Å². The van der Waals surface area contributed by atoms with Crippen LogP contribution in [-0.4, -0.2) is 11.1 Å². The lowest BCUT2D eigenvalue weighted by Gasteiger charge is -2.12. The Balaban J connectivity index is 2.62. The second kappa shape index (κ2) is 5.97. The van der Waals surface area contributed by atoms with Gasteiger partial charge in [-0.3, -0.25) is 10.1 Å². The van der Waals surface area contributed by atoms with E-state index in [0.717, 1.165) is 24.3 Å². The number of nitro benzene ring substituents is 1. The van der Waals surface area contributed by atoms with E-state index in [1.807, 2.05) is 0 Å². The largest absolute Gasteiger partial charge is 0.443 e. The zero-order valence-corrected chi connectivity index (χ0v) is 11.0. The minimum atomic E-state index is -5.15. The van der Waals surface area contributed by atoms with Crippen molar-refractivity contribution in [3.05, 3.63) is 81.7 Å². The molecule has 2 aromatic carbocycles. The second-order valence-electron chi connectivity index (χ2n) is 4.36. The third-order valence-corrected chi connectivity index (χ3v) is 2.90. The summed E-state index contributed by atoms with van der Waals surface area (Å²) in [5.74, 6) is -2.24. The summed E-state index contributed by atoms with van der Waals surface area (Å²) in [5, 5.41) is 10.6. The van der Waals surface area contributed by atoms with Crippen LogP contribution in [0.25, 0.3) is 5.57 Å². The van der Waals surface area contributed by atoms with Gasteiger partial charge in [-0.15, -0.1) is 0 Å². The van der Waals surface area contributed by atoms with E-state index in [1.54, 1.807) is 6.07 Å². The van der Waals surface area contributed by atoms with Crippen LogP contribution < -0.4 is 0 Å². The molecule has 2 rings (SSSR count). The Labute approximate surface area is 122 Å². The fourth-order valence-corrected chi connectivity index (χ4v) is 1.92. The van der Waals surface area contributed by atoms with Crippen LogP contribution in [0.1, 0.15) is 11.1 Å². The maximum Gasteiger partial charge on any atom is 0.443 e. The number of rotatable bonds is 3. The molecule has 2 aromatic rings. The van der Waals surface area contributed by atoms with Gasteiger partial charge >= 0.3 is 6.18 Å². The average molecular weight is 311 g/mol. The van der Waals surface area contributed by atoms with E-state index < -0.39 is 22.5 Å². The molecule has 22 heavy (non-hydrogen) atoms. The van der Waals surface area contributed by atoms with Crippen molar-refractivity contribution in [3.8, 4) is 0 Å². The minimum absolute atomic E-state index is 0.0335. The molecule has 0 saturated heterocycles. The molecule has 0 N–H and O–H groups in total. The summed E-state index contributed by atoms with van der Waals surface area (Å²) < 4.78 is 52.0. The second-order valence-corrected chi connectivity index (χ2v) is 4.36. The van der Waals surface area contributed by atoms with Crippen LogP contribution in [0.2, 0.25) is 0 Å². The molecule has 3 nitrogen and oxygen atoms in total. The summed E-state index contributed by atoms with van der Waals surface area (Å²) in [5.41, 5.74) is -0.996. The van der Waals surface area contributed by atoms with Gasteiger partial charge in [-0.25, -0.2) is 4.39 Å². The van der Waals surface area contributed by atoms with Gasteiger partial charge in [0.1, 0.15) is 0 Å². The Kier molecular flexibility index (Phi) is 4.25. The van der Waals surface area contributed by atoms with Crippen LogP contribution in [-0.2, 0) is 0 Å². The third kappa shape index (κ3) is 3.30. The average Bonchev–Trinajstić information content (AvgIpc) is 2.48. The quantitative estimate of drug-likeness (QED) is 0.460. The van der Waals surface area contributed by atoms with Gasteiger partial charge in [-0.2, -0.15) is 13.2 Å². The molecule has 0 radical (unpaired) electrons. The highest BCUT2D eigenvalue weighted by atomic mass is 19.4. The highest BCUT2D eigenvalue weighted by molar-refractivity contribution is 5.82. The topological polar surface area (TPSA) is 43.1 Å². The van der Waals surface area contributed by atoms with Gasteiger partial charge in [0.25, 0.3) is 5.69 Å². The van der Waals surface area contributed by atoms with E-state index in [-0.39, 0.29) is 16.8 Å². The van der Waals surface area contributed by atoms with E-state index in [2.05, 4.69) is 0 Å². The van der Waals surface area contributed by atoms with Gasteiger partial charge in [0.2, 0.25) is 5.83 Å². The van der Waals surface area contributed by atoms with Crippen molar-refractivity contribution in [2.75, 3.05) is 0 Å². The summed E-state index contributed by atoms with van der Waals surface area (Å²) in [6.07, 6.45) is -5.15. The van der Waals surface area contributed by atoms with Gasteiger partial charge in [-0.1, -0.05) is 30.3 Å². The summed E-state index contributed by atoms with van der Waals surface area (Å²) in [6, 6.07) is 11.4. The predicted octanol–water partition coefficient (Wildman–Crippen LogP) is 4.89. The fourth-order valence-electron chi connectivity index (χ4n) is 1.92. The molecular formula is C15H9F4NO2. The Bertz CT molecular complexity index is 707. The molecule has 0 aliphatic carbocycles. The molecule has 0 fully saturated rings. The molecule has 0 spiro atoms. The van der Waals surface area contributed by atoms with Gasteiger partial charge in [0.15, 0.2) is 0 Å². The first kappa shape index (κ1) is 15.7. The number of alkyl halides is 3. The number of nitrogens with zero attached hydrogens (tertiary/aromatic N) is 1. The van der Waals surface area contributed by atoms with Crippen LogP contribution in [0.3, 0.4) is 0 Å². The number of allylic oxidation sites excluding steroid dienone is 1. The van der Waals surface area contributed by atoms with Crippen molar-refractivity contribution in [1.82, 2.24) is 0 Å².